The molecule has 1 N–H and O–H groups in total. The highest BCUT2D eigenvalue weighted by molar-refractivity contribution is 5.85. The van der Waals surface area contributed by atoms with Crippen molar-refractivity contribution in [2.24, 2.45) is 0 Å². The third-order valence-electron chi connectivity index (χ3n) is 4.03. The summed E-state index contributed by atoms with van der Waals surface area (Å²) < 4.78 is 78.8. The number of piperazine rings is 1. The lowest BCUT2D eigenvalue weighted by Gasteiger charge is -2.36. The predicted octanol–water partition coefficient (Wildman–Crippen LogP) is 4.67. The van der Waals surface area contributed by atoms with E-state index in [2.05, 4.69) is 11.9 Å². The highest BCUT2D eigenvalue weighted by Gasteiger charge is 2.39. The molecule has 0 spiro atoms. The van der Waals surface area contributed by atoms with Crippen molar-refractivity contribution < 1.29 is 26.3 Å². The summed E-state index contributed by atoms with van der Waals surface area (Å²) in [5.41, 5.74) is -2.45. The Morgan fingerprint density at radius 1 is 1.08 bits per heavy atom. The van der Waals surface area contributed by atoms with Gasteiger partial charge in [-0.3, -0.25) is 4.90 Å². The van der Waals surface area contributed by atoms with Crippen LogP contribution >= 0.6 is 12.4 Å². The van der Waals surface area contributed by atoms with E-state index in [-0.39, 0.29) is 24.4 Å². The van der Waals surface area contributed by atoms with Gasteiger partial charge in [0, 0.05) is 32.2 Å². The standard InChI is InChI=1S/C16H18F6N2.ClH/c1-2-3-14(24-8-6-23-7-9-24)12-10-11(15(17,18)19)4-5-13(12)16(20,21)22;/h2,4-5,10,14,23H,1,3,6-9H2;1H/t14-;/m1./s1. The van der Waals surface area contributed by atoms with Gasteiger partial charge in [0.2, 0.25) is 0 Å². The highest BCUT2D eigenvalue weighted by Crippen LogP contribution is 2.41. The number of benzene rings is 1. The van der Waals surface area contributed by atoms with Gasteiger partial charge in [-0.2, -0.15) is 26.3 Å². The van der Waals surface area contributed by atoms with Gasteiger partial charge >= 0.3 is 12.4 Å². The van der Waals surface area contributed by atoms with Crippen molar-refractivity contribution in [2.75, 3.05) is 26.2 Å². The lowest BCUT2D eigenvalue weighted by atomic mass is 9.93. The first-order valence-electron chi connectivity index (χ1n) is 7.48. The van der Waals surface area contributed by atoms with E-state index >= 15 is 0 Å². The van der Waals surface area contributed by atoms with Crippen LogP contribution in [0.25, 0.3) is 0 Å². The summed E-state index contributed by atoms with van der Waals surface area (Å²) in [6.45, 7) is 5.62. The second kappa shape index (κ2) is 8.42. The molecule has 1 aliphatic heterocycles. The fourth-order valence-electron chi connectivity index (χ4n) is 2.90. The number of alkyl halides is 6. The fraction of sp³-hybridized carbons (Fsp3) is 0.500. The van der Waals surface area contributed by atoms with Crippen LogP contribution in [-0.4, -0.2) is 31.1 Å². The molecule has 1 saturated heterocycles. The van der Waals surface area contributed by atoms with Crippen LogP contribution in [0.15, 0.2) is 30.9 Å². The van der Waals surface area contributed by atoms with E-state index in [4.69, 9.17) is 0 Å². The number of nitrogens with zero attached hydrogens (tertiary/aromatic N) is 1. The minimum atomic E-state index is -4.72. The Morgan fingerprint density at radius 3 is 2.16 bits per heavy atom. The smallest absolute Gasteiger partial charge is 0.314 e. The molecular formula is C16H19ClF6N2. The molecule has 25 heavy (non-hydrogen) atoms. The van der Waals surface area contributed by atoms with Crippen molar-refractivity contribution in [1.29, 1.82) is 0 Å². The van der Waals surface area contributed by atoms with Crippen LogP contribution in [-0.2, 0) is 12.4 Å². The van der Waals surface area contributed by atoms with E-state index in [0.717, 1.165) is 0 Å². The zero-order chi connectivity index (χ0) is 18.0. The maximum absolute atomic E-state index is 13.3. The summed E-state index contributed by atoms with van der Waals surface area (Å²) in [4.78, 5) is 1.77. The Morgan fingerprint density at radius 2 is 1.68 bits per heavy atom. The third-order valence-corrected chi connectivity index (χ3v) is 4.03. The zero-order valence-electron chi connectivity index (χ0n) is 13.3. The summed E-state index contributed by atoms with van der Waals surface area (Å²) in [7, 11) is 0. The van der Waals surface area contributed by atoms with Crippen LogP contribution in [0, 0.1) is 0 Å². The molecule has 9 heteroatoms. The Labute approximate surface area is 148 Å². The highest BCUT2D eigenvalue weighted by atomic mass is 35.5. The normalized spacial score (nSPS) is 17.7. The van der Waals surface area contributed by atoms with Crippen molar-refractivity contribution in [2.45, 2.75) is 24.8 Å². The molecule has 0 aromatic heterocycles. The molecule has 1 fully saturated rings. The predicted molar refractivity (Wildman–Crippen MR) is 85.7 cm³/mol. The van der Waals surface area contributed by atoms with Gasteiger partial charge in [0.15, 0.2) is 0 Å². The van der Waals surface area contributed by atoms with Crippen LogP contribution in [0.2, 0.25) is 0 Å². The van der Waals surface area contributed by atoms with E-state index in [9.17, 15) is 26.3 Å². The molecule has 0 unspecified atom stereocenters. The largest absolute Gasteiger partial charge is 0.416 e. The van der Waals surface area contributed by atoms with Crippen molar-refractivity contribution in [3.8, 4) is 0 Å². The van der Waals surface area contributed by atoms with Crippen molar-refractivity contribution in [3.05, 3.63) is 47.5 Å². The van der Waals surface area contributed by atoms with Crippen molar-refractivity contribution in [1.82, 2.24) is 10.2 Å². The Hall–Kier alpha value is -1.25. The summed E-state index contributed by atoms with van der Waals surface area (Å²) in [6, 6.07) is 0.841. The lowest BCUT2D eigenvalue weighted by molar-refractivity contribution is -0.142. The zero-order valence-corrected chi connectivity index (χ0v) is 14.1. The molecular weight excluding hydrogens is 370 g/mol. The van der Waals surface area contributed by atoms with Crippen LogP contribution in [0.5, 0.6) is 0 Å². The molecule has 0 aliphatic carbocycles. The summed E-state index contributed by atoms with van der Waals surface area (Å²) >= 11 is 0. The molecule has 1 aromatic rings. The molecule has 1 aromatic carbocycles. The van der Waals surface area contributed by atoms with Crippen molar-refractivity contribution in [3.63, 3.8) is 0 Å². The molecule has 1 aliphatic rings. The molecule has 1 atom stereocenters. The monoisotopic (exact) mass is 388 g/mol. The van der Waals surface area contributed by atoms with Crippen molar-refractivity contribution >= 4 is 12.4 Å². The maximum Gasteiger partial charge on any atom is 0.416 e. The maximum atomic E-state index is 13.3. The van der Waals surface area contributed by atoms with Gasteiger partial charge in [0.25, 0.3) is 0 Å². The quantitative estimate of drug-likeness (QED) is 0.595. The first-order chi connectivity index (χ1) is 11.1. The molecule has 142 valence electrons. The van der Waals surface area contributed by atoms with E-state index in [0.29, 0.717) is 44.4 Å². The minimum absolute atomic E-state index is 0. The van der Waals surface area contributed by atoms with Gasteiger partial charge in [-0.1, -0.05) is 6.08 Å². The van der Waals surface area contributed by atoms with Gasteiger partial charge in [0.05, 0.1) is 11.1 Å². The molecule has 2 nitrogen and oxygen atoms in total. The SMILES string of the molecule is C=CC[C@H](c1cc(C(F)(F)F)ccc1C(F)(F)F)N1CCNCC1.Cl. The van der Waals surface area contributed by atoms with Gasteiger partial charge in [-0.05, 0) is 30.2 Å². The molecule has 1 heterocycles. The number of hydrogen-bond acceptors (Lipinski definition) is 2. The fourth-order valence-corrected chi connectivity index (χ4v) is 2.90. The van der Waals surface area contributed by atoms with Crippen LogP contribution in [0.4, 0.5) is 26.3 Å². The summed E-state index contributed by atoms with van der Waals surface area (Å²) in [5.74, 6) is 0. The molecule has 0 bridgehead atoms. The van der Waals surface area contributed by atoms with Crippen LogP contribution < -0.4 is 5.32 Å². The van der Waals surface area contributed by atoms with E-state index in [1.807, 2.05) is 0 Å². The van der Waals surface area contributed by atoms with Crippen LogP contribution in [0.1, 0.15) is 29.2 Å². The van der Waals surface area contributed by atoms with E-state index in [1.54, 1.807) is 4.90 Å². The van der Waals surface area contributed by atoms with Crippen LogP contribution in [0.3, 0.4) is 0 Å². The second-order valence-electron chi connectivity index (χ2n) is 5.62. The summed E-state index contributed by atoms with van der Waals surface area (Å²) in [5, 5.41) is 3.07. The van der Waals surface area contributed by atoms with Gasteiger partial charge in [-0.15, -0.1) is 19.0 Å². The van der Waals surface area contributed by atoms with Gasteiger partial charge in [0.1, 0.15) is 0 Å². The first kappa shape index (κ1) is 21.8. The molecule has 2 rings (SSSR count). The Kier molecular flexibility index (Phi) is 7.34. The lowest BCUT2D eigenvalue weighted by Crippen LogP contribution is -2.45. The average molecular weight is 389 g/mol. The molecule has 0 radical (unpaired) electrons. The summed E-state index contributed by atoms with van der Waals surface area (Å²) in [6.07, 6.45) is -7.83. The number of hydrogen-bond donors (Lipinski definition) is 1. The van der Waals surface area contributed by atoms with E-state index < -0.39 is 29.5 Å². The van der Waals surface area contributed by atoms with Gasteiger partial charge < -0.3 is 5.32 Å². The number of halogens is 7. The number of rotatable bonds is 4. The Bertz CT molecular complexity index is 579. The number of nitrogens with one attached hydrogen (secondary N) is 1. The Balaban J connectivity index is 0.00000312. The molecule has 0 amide bonds. The second-order valence-corrected chi connectivity index (χ2v) is 5.62. The van der Waals surface area contributed by atoms with Gasteiger partial charge in [-0.25, -0.2) is 0 Å². The minimum Gasteiger partial charge on any atom is -0.314 e. The third kappa shape index (κ3) is 5.36. The topological polar surface area (TPSA) is 15.3 Å². The first-order valence-corrected chi connectivity index (χ1v) is 7.48. The van der Waals surface area contributed by atoms with E-state index in [1.165, 1.54) is 6.08 Å². The average Bonchev–Trinajstić information content (AvgIpc) is 2.51. The molecule has 0 saturated carbocycles.